The number of thioether (sulfide) groups is 1. The number of hydrogen-bond acceptors (Lipinski definition) is 4. The summed E-state index contributed by atoms with van der Waals surface area (Å²) in [7, 11) is 1.61. The lowest BCUT2D eigenvalue weighted by Crippen LogP contribution is -2.23. The predicted octanol–water partition coefficient (Wildman–Crippen LogP) is 2.78. The molecule has 92 valence electrons. The van der Waals surface area contributed by atoms with Crippen LogP contribution in [0.3, 0.4) is 0 Å². The maximum absolute atomic E-state index is 10.8. The molecular weight excluding hydrogens is 236 g/mol. The molecule has 1 unspecified atom stereocenters. The lowest BCUT2D eigenvalue weighted by atomic mass is 10.2. The highest BCUT2D eigenvalue weighted by Crippen LogP contribution is 2.31. The first-order valence-corrected chi connectivity index (χ1v) is 6.86. The van der Waals surface area contributed by atoms with Crippen LogP contribution in [0.1, 0.15) is 23.2 Å². The molecule has 0 amide bonds. The molecule has 0 N–H and O–H groups in total. The number of rotatable bonds is 4. The molecule has 1 aromatic rings. The van der Waals surface area contributed by atoms with Crippen LogP contribution in [0.2, 0.25) is 0 Å². The van der Waals surface area contributed by atoms with Crippen molar-refractivity contribution in [3.05, 3.63) is 23.8 Å². The van der Waals surface area contributed by atoms with Crippen molar-refractivity contribution in [2.75, 3.05) is 18.6 Å². The van der Waals surface area contributed by atoms with Crippen molar-refractivity contribution in [3.63, 3.8) is 0 Å². The predicted molar refractivity (Wildman–Crippen MR) is 69.4 cm³/mol. The van der Waals surface area contributed by atoms with E-state index < -0.39 is 0 Å². The van der Waals surface area contributed by atoms with Crippen LogP contribution in [0, 0.1) is 0 Å². The molecule has 0 bridgehead atoms. The van der Waals surface area contributed by atoms with Gasteiger partial charge in [-0.05, 0) is 36.8 Å². The molecule has 2 rings (SSSR count). The van der Waals surface area contributed by atoms with Crippen molar-refractivity contribution in [1.82, 2.24) is 0 Å². The van der Waals surface area contributed by atoms with Gasteiger partial charge < -0.3 is 9.47 Å². The van der Waals surface area contributed by atoms with Crippen LogP contribution in [0.5, 0.6) is 11.5 Å². The molecule has 0 saturated carbocycles. The largest absolute Gasteiger partial charge is 0.493 e. The topological polar surface area (TPSA) is 35.5 Å². The van der Waals surface area contributed by atoms with E-state index in [1.54, 1.807) is 25.3 Å². The molecule has 0 spiro atoms. The van der Waals surface area contributed by atoms with E-state index in [0.717, 1.165) is 18.5 Å². The molecule has 1 aromatic carbocycles. The highest BCUT2D eigenvalue weighted by Gasteiger charge is 2.17. The Bertz CT molecular complexity index is 386. The average Bonchev–Trinajstić information content (AvgIpc) is 2.40. The van der Waals surface area contributed by atoms with Gasteiger partial charge in [-0.2, -0.15) is 11.8 Å². The molecule has 0 aromatic heterocycles. The number of carbonyl (C=O) groups excluding carboxylic acids is 1. The Hall–Kier alpha value is -1.16. The Morgan fingerprint density at radius 1 is 1.41 bits per heavy atom. The number of hydrogen-bond donors (Lipinski definition) is 0. The van der Waals surface area contributed by atoms with Crippen LogP contribution in [0.4, 0.5) is 0 Å². The van der Waals surface area contributed by atoms with Crippen LogP contribution in [0.15, 0.2) is 18.2 Å². The summed E-state index contributed by atoms with van der Waals surface area (Å²) < 4.78 is 11.2. The van der Waals surface area contributed by atoms with E-state index in [2.05, 4.69) is 0 Å². The fourth-order valence-electron chi connectivity index (χ4n) is 1.84. The summed E-state index contributed by atoms with van der Waals surface area (Å²) in [6.07, 6.45) is 3.30. The van der Waals surface area contributed by atoms with Gasteiger partial charge in [-0.1, -0.05) is 0 Å². The van der Waals surface area contributed by atoms with Gasteiger partial charge in [0.05, 0.1) is 7.11 Å². The van der Waals surface area contributed by atoms with Crippen molar-refractivity contribution < 1.29 is 14.3 Å². The van der Waals surface area contributed by atoms with E-state index in [0.29, 0.717) is 17.1 Å². The van der Waals surface area contributed by atoms with Gasteiger partial charge in [-0.3, -0.25) is 4.79 Å². The van der Waals surface area contributed by atoms with E-state index in [9.17, 15) is 4.79 Å². The fraction of sp³-hybridized carbons (Fsp3) is 0.462. The molecule has 1 heterocycles. The molecular formula is C13H16O3S. The Morgan fingerprint density at radius 3 is 2.94 bits per heavy atom. The van der Waals surface area contributed by atoms with Gasteiger partial charge in [0.15, 0.2) is 11.5 Å². The summed E-state index contributed by atoms with van der Waals surface area (Å²) in [5, 5.41) is 0. The summed E-state index contributed by atoms with van der Waals surface area (Å²) in [4.78, 5) is 10.8. The molecule has 1 aliphatic rings. The number of aldehydes is 1. The molecule has 1 aliphatic heterocycles. The maximum Gasteiger partial charge on any atom is 0.162 e. The molecule has 3 nitrogen and oxygen atoms in total. The van der Waals surface area contributed by atoms with Gasteiger partial charge in [0.1, 0.15) is 12.4 Å². The van der Waals surface area contributed by atoms with Crippen molar-refractivity contribution >= 4 is 18.0 Å². The van der Waals surface area contributed by atoms with Crippen molar-refractivity contribution in [3.8, 4) is 11.5 Å². The monoisotopic (exact) mass is 252 g/mol. The molecule has 0 radical (unpaired) electrons. The quantitative estimate of drug-likeness (QED) is 0.772. The van der Waals surface area contributed by atoms with E-state index in [1.165, 1.54) is 12.2 Å². The third-order valence-electron chi connectivity index (χ3n) is 2.74. The van der Waals surface area contributed by atoms with Crippen LogP contribution in [0.25, 0.3) is 0 Å². The molecule has 1 atom stereocenters. The first-order valence-electron chi connectivity index (χ1n) is 5.71. The number of benzene rings is 1. The Balaban J connectivity index is 2.13. The number of methoxy groups -OCH3 is 1. The third-order valence-corrected chi connectivity index (χ3v) is 3.92. The molecule has 1 fully saturated rings. The van der Waals surface area contributed by atoms with E-state index in [1.807, 2.05) is 11.8 Å². The SMILES string of the molecule is COc1ccc(C=O)cc1OC1CCCSC1. The van der Waals surface area contributed by atoms with Gasteiger partial charge in [-0.15, -0.1) is 0 Å². The maximum atomic E-state index is 10.8. The zero-order chi connectivity index (χ0) is 12.1. The van der Waals surface area contributed by atoms with Crippen LogP contribution >= 0.6 is 11.8 Å². The second-order valence-electron chi connectivity index (χ2n) is 3.99. The van der Waals surface area contributed by atoms with Gasteiger partial charge in [0, 0.05) is 11.3 Å². The lowest BCUT2D eigenvalue weighted by Gasteiger charge is -2.23. The summed E-state index contributed by atoms with van der Waals surface area (Å²) >= 11 is 1.91. The summed E-state index contributed by atoms with van der Waals surface area (Å²) in [5.74, 6) is 3.58. The van der Waals surface area contributed by atoms with Gasteiger partial charge in [0.2, 0.25) is 0 Å². The van der Waals surface area contributed by atoms with Gasteiger partial charge in [-0.25, -0.2) is 0 Å². The van der Waals surface area contributed by atoms with Crippen LogP contribution < -0.4 is 9.47 Å². The number of ether oxygens (including phenoxy) is 2. The first-order chi connectivity index (χ1) is 8.33. The third kappa shape index (κ3) is 3.16. The standard InChI is InChI=1S/C13H16O3S/c1-15-12-5-4-10(8-14)7-13(12)16-11-3-2-6-17-9-11/h4-5,7-8,11H,2-3,6,9H2,1H3. The van der Waals surface area contributed by atoms with E-state index in [4.69, 9.17) is 9.47 Å². The van der Waals surface area contributed by atoms with Crippen molar-refractivity contribution in [2.24, 2.45) is 0 Å². The highest BCUT2D eigenvalue weighted by atomic mass is 32.2. The summed E-state index contributed by atoms with van der Waals surface area (Å²) in [5.41, 5.74) is 0.615. The second-order valence-corrected chi connectivity index (χ2v) is 5.13. The summed E-state index contributed by atoms with van der Waals surface area (Å²) in [6.45, 7) is 0. The summed E-state index contributed by atoms with van der Waals surface area (Å²) in [6, 6.07) is 5.24. The Morgan fingerprint density at radius 2 is 2.29 bits per heavy atom. The van der Waals surface area contributed by atoms with E-state index in [-0.39, 0.29) is 6.10 Å². The van der Waals surface area contributed by atoms with Gasteiger partial charge in [0.25, 0.3) is 0 Å². The minimum Gasteiger partial charge on any atom is -0.493 e. The molecule has 1 saturated heterocycles. The molecule has 4 heteroatoms. The Labute approximate surface area is 105 Å². The van der Waals surface area contributed by atoms with Crippen LogP contribution in [-0.4, -0.2) is 31.0 Å². The highest BCUT2D eigenvalue weighted by molar-refractivity contribution is 7.99. The second kappa shape index (κ2) is 5.96. The van der Waals surface area contributed by atoms with Crippen molar-refractivity contribution in [2.45, 2.75) is 18.9 Å². The van der Waals surface area contributed by atoms with Crippen LogP contribution in [-0.2, 0) is 0 Å². The Kier molecular flexibility index (Phi) is 4.31. The van der Waals surface area contributed by atoms with Gasteiger partial charge >= 0.3 is 0 Å². The number of carbonyl (C=O) groups is 1. The molecule has 0 aliphatic carbocycles. The minimum absolute atomic E-state index is 0.226. The zero-order valence-corrected chi connectivity index (χ0v) is 10.7. The first kappa shape index (κ1) is 12.3. The lowest BCUT2D eigenvalue weighted by molar-refractivity contribution is 0.112. The zero-order valence-electron chi connectivity index (χ0n) is 9.85. The minimum atomic E-state index is 0.226. The van der Waals surface area contributed by atoms with E-state index >= 15 is 0 Å². The molecule has 17 heavy (non-hydrogen) atoms. The smallest absolute Gasteiger partial charge is 0.162 e. The van der Waals surface area contributed by atoms with Crippen molar-refractivity contribution in [1.29, 1.82) is 0 Å². The fourth-order valence-corrected chi connectivity index (χ4v) is 2.88. The average molecular weight is 252 g/mol. The normalized spacial score (nSPS) is 19.7.